The summed E-state index contributed by atoms with van der Waals surface area (Å²) < 4.78 is 30.5. The predicted molar refractivity (Wildman–Crippen MR) is 122 cm³/mol. The number of nitro groups is 1. The van der Waals surface area contributed by atoms with E-state index in [2.05, 4.69) is 5.32 Å². The number of hydrogen-bond acceptors (Lipinski definition) is 6. The highest BCUT2D eigenvalue weighted by Gasteiger charge is 2.23. The summed E-state index contributed by atoms with van der Waals surface area (Å²) in [5.41, 5.74) is -0.427. The van der Waals surface area contributed by atoms with Gasteiger partial charge < -0.3 is 9.50 Å². The van der Waals surface area contributed by atoms with Crippen LogP contribution in [0.1, 0.15) is 10.4 Å². The second kappa shape index (κ2) is 9.51. The van der Waals surface area contributed by atoms with Gasteiger partial charge in [0, 0.05) is 16.8 Å². The van der Waals surface area contributed by atoms with Crippen LogP contribution in [0.2, 0.25) is 20.1 Å². The number of amides is 1. The van der Waals surface area contributed by atoms with Gasteiger partial charge >= 0.3 is 10.1 Å². The van der Waals surface area contributed by atoms with E-state index in [0.29, 0.717) is 0 Å². The molecule has 0 unspecified atom stereocenters. The van der Waals surface area contributed by atoms with Crippen molar-refractivity contribution in [2.24, 2.45) is 0 Å². The average Bonchev–Trinajstić information content (AvgIpc) is 2.70. The normalized spacial score (nSPS) is 11.1. The first kappa shape index (κ1) is 24.1. The van der Waals surface area contributed by atoms with Crippen LogP contribution in [0.3, 0.4) is 0 Å². The second-order valence-electron chi connectivity index (χ2n) is 6.13. The lowest BCUT2D eigenvalue weighted by molar-refractivity contribution is -0.384. The third-order valence-electron chi connectivity index (χ3n) is 3.97. The van der Waals surface area contributed by atoms with Crippen molar-refractivity contribution in [1.82, 2.24) is 0 Å². The lowest BCUT2D eigenvalue weighted by atomic mass is 10.2. The molecule has 0 radical (unpaired) electrons. The van der Waals surface area contributed by atoms with Gasteiger partial charge in [-0.1, -0.05) is 46.4 Å². The molecule has 3 aromatic carbocycles. The molecule has 0 aliphatic carbocycles. The number of nitrogens with one attached hydrogen (secondary N) is 1. The molecule has 0 aromatic heterocycles. The van der Waals surface area contributed by atoms with Crippen LogP contribution >= 0.6 is 46.4 Å². The van der Waals surface area contributed by atoms with Gasteiger partial charge in [-0.2, -0.15) is 8.42 Å². The first-order chi connectivity index (χ1) is 15.0. The van der Waals surface area contributed by atoms with Crippen molar-refractivity contribution in [2.75, 3.05) is 5.32 Å². The maximum absolute atomic E-state index is 12.8. The molecular weight excluding hydrogens is 526 g/mol. The number of hydrogen-bond donors (Lipinski definition) is 1. The Morgan fingerprint density at radius 3 is 2.25 bits per heavy atom. The quantitative estimate of drug-likeness (QED) is 0.227. The Labute approximate surface area is 201 Å². The molecular formula is C19H10Cl4N2O6S. The summed E-state index contributed by atoms with van der Waals surface area (Å²) in [4.78, 5) is 22.7. The fourth-order valence-corrected chi connectivity index (χ4v) is 4.24. The number of carbonyl (C=O) groups is 1. The fraction of sp³-hybridized carbons (Fsp3) is 0. The molecule has 8 nitrogen and oxygen atoms in total. The Kier molecular flexibility index (Phi) is 7.16. The summed E-state index contributed by atoms with van der Waals surface area (Å²) in [5.74, 6) is -1.11. The topological polar surface area (TPSA) is 116 Å². The second-order valence-corrected chi connectivity index (χ2v) is 9.34. The zero-order valence-corrected chi connectivity index (χ0v) is 19.4. The zero-order valence-electron chi connectivity index (χ0n) is 15.5. The Morgan fingerprint density at radius 2 is 1.62 bits per heavy atom. The molecule has 32 heavy (non-hydrogen) atoms. The SMILES string of the molecule is O=C(Nc1ccc([N+](=O)[O-])c(Cl)c1)c1cc(Cl)ccc1OS(=O)(=O)c1ccc(Cl)c(Cl)c1. The maximum atomic E-state index is 12.8. The summed E-state index contributed by atoms with van der Waals surface area (Å²) in [7, 11) is -4.38. The highest BCUT2D eigenvalue weighted by atomic mass is 35.5. The number of nitrogens with zero attached hydrogens (tertiary/aromatic N) is 1. The van der Waals surface area contributed by atoms with Crippen molar-refractivity contribution < 1.29 is 22.3 Å². The number of halogens is 4. The van der Waals surface area contributed by atoms with E-state index >= 15 is 0 Å². The first-order valence-corrected chi connectivity index (χ1v) is 11.3. The molecule has 166 valence electrons. The molecule has 0 aliphatic heterocycles. The van der Waals surface area contributed by atoms with Crippen LogP contribution in [0.15, 0.2) is 59.5 Å². The van der Waals surface area contributed by atoms with Crippen LogP contribution in [0.4, 0.5) is 11.4 Å². The molecule has 0 heterocycles. The summed E-state index contributed by atoms with van der Waals surface area (Å²) in [5, 5.41) is 13.4. The number of rotatable bonds is 6. The first-order valence-electron chi connectivity index (χ1n) is 8.42. The Hall–Kier alpha value is -2.56. The molecule has 0 aliphatic rings. The van der Waals surface area contributed by atoms with Gasteiger partial charge in [0.1, 0.15) is 9.92 Å². The number of anilines is 1. The molecule has 3 aromatic rings. The smallest absolute Gasteiger partial charge is 0.339 e. The van der Waals surface area contributed by atoms with Gasteiger partial charge in [-0.25, -0.2) is 0 Å². The van der Waals surface area contributed by atoms with Gasteiger partial charge in [-0.05, 0) is 48.5 Å². The molecule has 0 spiro atoms. The molecule has 0 bridgehead atoms. The van der Waals surface area contributed by atoms with Crippen LogP contribution in [-0.2, 0) is 10.1 Å². The van der Waals surface area contributed by atoms with Crippen LogP contribution in [0.25, 0.3) is 0 Å². The van der Waals surface area contributed by atoms with Crippen molar-refractivity contribution in [3.05, 3.63) is 90.4 Å². The number of benzene rings is 3. The lowest BCUT2D eigenvalue weighted by Crippen LogP contribution is -2.16. The predicted octanol–water partition coefficient (Wildman–Crippen LogP) is 6.23. The fourth-order valence-electron chi connectivity index (χ4n) is 2.48. The molecule has 1 amide bonds. The highest BCUT2D eigenvalue weighted by molar-refractivity contribution is 7.87. The van der Waals surface area contributed by atoms with Crippen LogP contribution in [0.5, 0.6) is 5.75 Å². The van der Waals surface area contributed by atoms with Crippen molar-refractivity contribution in [1.29, 1.82) is 0 Å². The van der Waals surface area contributed by atoms with Gasteiger partial charge in [-0.15, -0.1) is 0 Å². The molecule has 0 atom stereocenters. The largest absolute Gasteiger partial charge is 0.378 e. The highest BCUT2D eigenvalue weighted by Crippen LogP contribution is 2.31. The van der Waals surface area contributed by atoms with E-state index in [-0.39, 0.29) is 47.7 Å². The number of carbonyl (C=O) groups excluding carboxylic acids is 1. The summed E-state index contributed by atoms with van der Waals surface area (Å²) >= 11 is 23.5. The standard InChI is InChI=1S/C19H10Cl4N2O6S/c20-10-1-6-18(31-32(29,30)12-3-4-14(21)15(22)9-12)13(7-10)19(26)24-11-2-5-17(25(27)28)16(23)8-11/h1-9H,(H,24,26). The van der Waals surface area contributed by atoms with Gasteiger partial charge in [0.25, 0.3) is 11.6 Å². The van der Waals surface area contributed by atoms with E-state index in [1.807, 2.05) is 0 Å². The Balaban J connectivity index is 1.92. The minimum absolute atomic E-state index is 0.000430. The van der Waals surface area contributed by atoms with E-state index in [4.69, 9.17) is 50.6 Å². The van der Waals surface area contributed by atoms with Crippen molar-refractivity contribution in [3.63, 3.8) is 0 Å². The third kappa shape index (κ3) is 5.43. The zero-order chi connectivity index (χ0) is 23.6. The summed E-state index contributed by atoms with van der Waals surface area (Å²) in [6.07, 6.45) is 0. The van der Waals surface area contributed by atoms with Gasteiger partial charge in [0.2, 0.25) is 0 Å². The van der Waals surface area contributed by atoms with E-state index in [1.165, 1.54) is 42.5 Å². The van der Waals surface area contributed by atoms with Crippen LogP contribution in [-0.4, -0.2) is 19.2 Å². The van der Waals surface area contributed by atoms with Crippen molar-refractivity contribution in [3.8, 4) is 5.75 Å². The Bertz CT molecular complexity index is 1350. The summed E-state index contributed by atoms with van der Waals surface area (Å²) in [6.45, 7) is 0. The minimum atomic E-state index is -4.38. The van der Waals surface area contributed by atoms with Crippen molar-refractivity contribution in [2.45, 2.75) is 4.90 Å². The van der Waals surface area contributed by atoms with E-state index in [9.17, 15) is 23.3 Å². The van der Waals surface area contributed by atoms with Gasteiger partial charge in [0.05, 0.1) is 20.5 Å². The van der Waals surface area contributed by atoms with E-state index in [1.54, 1.807) is 0 Å². The lowest BCUT2D eigenvalue weighted by Gasteiger charge is -2.13. The summed E-state index contributed by atoms with van der Waals surface area (Å²) in [6, 6.07) is 10.9. The monoisotopic (exact) mass is 534 g/mol. The van der Waals surface area contributed by atoms with Crippen molar-refractivity contribution >= 4 is 73.8 Å². The number of nitro benzene ring substituents is 1. The minimum Gasteiger partial charge on any atom is -0.378 e. The van der Waals surface area contributed by atoms with Gasteiger partial charge in [0.15, 0.2) is 5.75 Å². The van der Waals surface area contributed by atoms with Gasteiger partial charge in [-0.3, -0.25) is 14.9 Å². The third-order valence-corrected chi connectivity index (χ3v) is 6.47. The molecule has 13 heteroatoms. The molecule has 0 saturated heterocycles. The average molecular weight is 536 g/mol. The van der Waals surface area contributed by atoms with E-state index in [0.717, 1.165) is 12.1 Å². The Morgan fingerprint density at radius 1 is 0.906 bits per heavy atom. The molecule has 3 rings (SSSR count). The van der Waals surface area contributed by atoms with E-state index < -0.39 is 20.9 Å². The maximum Gasteiger partial charge on any atom is 0.339 e. The van der Waals surface area contributed by atoms with Crippen LogP contribution < -0.4 is 9.50 Å². The molecule has 1 N–H and O–H groups in total. The molecule has 0 saturated carbocycles. The van der Waals surface area contributed by atoms with Crippen LogP contribution in [0, 0.1) is 10.1 Å². The molecule has 0 fully saturated rings.